The number of anilines is 2. The van der Waals surface area contributed by atoms with Gasteiger partial charge in [0.1, 0.15) is 0 Å². The van der Waals surface area contributed by atoms with Crippen molar-refractivity contribution >= 4 is 29.1 Å². The second-order valence-corrected chi connectivity index (χ2v) is 7.09. The van der Waals surface area contributed by atoms with Gasteiger partial charge in [0.05, 0.1) is 11.3 Å². The Morgan fingerprint density at radius 2 is 2.00 bits per heavy atom. The van der Waals surface area contributed by atoms with Crippen molar-refractivity contribution in [3.05, 3.63) is 72.3 Å². The third-order valence-electron chi connectivity index (χ3n) is 5.33. The summed E-state index contributed by atoms with van der Waals surface area (Å²) in [6, 6.07) is 14.4. The first-order valence-corrected chi connectivity index (χ1v) is 9.22. The van der Waals surface area contributed by atoms with Gasteiger partial charge < -0.3 is 10.2 Å². The molecule has 0 bridgehead atoms. The number of nitrogens with zero attached hydrogens (tertiary/aromatic N) is 2. The summed E-state index contributed by atoms with van der Waals surface area (Å²) in [5.41, 5.74) is 1.12. The molecular weight excluding hydrogens is 354 g/mol. The molecule has 0 radical (unpaired) electrons. The monoisotopic (exact) mass is 375 g/mol. The van der Waals surface area contributed by atoms with E-state index in [1.54, 1.807) is 36.4 Å². The summed E-state index contributed by atoms with van der Waals surface area (Å²) in [6.45, 7) is 5.83. The minimum atomic E-state index is -1.40. The van der Waals surface area contributed by atoms with Crippen LogP contribution in [0.25, 0.3) is 0 Å². The number of benzene rings is 2. The molecule has 2 aromatic rings. The molecule has 3 amide bonds. The molecule has 1 atom stereocenters. The predicted octanol–water partition coefficient (Wildman–Crippen LogP) is 3.10. The second-order valence-electron chi connectivity index (χ2n) is 7.09. The van der Waals surface area contributed by atoms with Crippen molar-refractivity contribution in [2.75, 3.05) is 16.8 Å². The molecule has 0 spiro atoms. The molecule has 6 heteroatoms. The van der Waals surface area contributed by atoms with Crippen LogP contribution in [0.5, 0.6) is 0 Å². The number of carbonyl (C=O) groups excluding carboxylic acids is 3. The highest BCUT2D eigenvalue weighted by Gasteiger charge is 2.60. The molecule has 0 saturated carbocycles. The van der Waals surface area contributed by atoms with Crippen LogP contribution in [0.3, 0.4) is 0 Å². The summed E-state index contributed by atoms with van der Waals surface area (Å²) >= 11 is 0. The molecule has 142 valence electrons. The number of hydrogen-bond donors (Lipinski definition) is 1. The average Bonchev–Trinajstić information content (AvgIpc) is 3.04. The van der Waals surface area contributed by atoms with Gasteiger partial charge in [-0.05, 0) is 36.8 Å². The highest BCUT2D eigenvalue weighted by Crippen LogP contribution is 2.44. The van der Waals surface area contributed by atoms with Crippen LogP contribution in [0.15, 0.2) is 61.2 Å². The number of hydrogen-bond acceptors (Lipinski definition) is 3. The van der Waals surface area contributed by atoms with Crippen molar-refractivity contribution in [1.29, 1.82) is 0 Å². The molecule has 1 saturated heterocycles. The molecule has 4 rings (SSSR count). The molecule has 2 aliphatic heterocycles. The lowest BCUT2D eigenvalue weighted by molar-refractivity contribution is -0.128. The Bertz CT molecular complexity index is 1000. The van der Waals surface area contributed by atoms with Gasteiger partial charge in [0.25, 0.3) is 11.8 Å². The molecule has 2 aliphatic rings. The third kappa shape index (κ3) is 2.52. The van der Waals surface area contributed by atoms with Gasteiger partial charge in [-0.15, -0.1) is 6.58 Å². The van der Waals surface area contributed by atoms with Crippen molar-refractivity contribution in [2.45, 2.75) is 25.4 Å². The lowest BCUT2D eigenvalue weighted by Crippen LogP contribution is -2.69. The van der Waals surface area contributed by atoms with Crippen molar-refractivity contribution in [2.24, 2.45) is 0 Å². The SMILES string of the molecule is C=CCN1C(=O)c2ccccc2N2C(=O)CCC12C(=O)Nc1cccc(C)c1. The van der Waals surface area contributed by atoms with Crippen molar-refractivity contribution in [3.8, 4) is 0 Å². The zero-order valence-corrected chi connectivity index (χ0v) is 15.6. The van der Waals surface area contributed by atoms with Gasteiger partial charge in [0.15, 0.2) is 0 Å². The normalized spacial score (nSPS) is 20.6. The third-order valence-corrected chi connectivity index (χ3v) is 5.33. The summed E-state index contributed by atoms with van der Waals surface area (Å²) < 4.78 is 0. The van der Waals surface area contributed by atoms with E-state index < -0.39 is 11.6 Å². The molecule has 2 heterocycles. The maximum Gasteiger partial charge on any atom is 0.271 e. The molecule has 1 N–H and O–H groups in total. The fourth-order valence-corrected chi connectivity index (χ4v) is 4.12. The second kappa shape index (κ2) is 6.64. The van der Waals surface area contributed by atoms with E-state index in [2.05, 4.69) is 11.9 Å². The Labute approximate surface area is 163 Å². The molecule has 1 fully saturated rings. The van der Waals surface area contributed by atoms with Crippen LogP contribution in [0.1, 0.15) is 28.8 Å². The first kappa shape index (κ1) is 18.0. The van der Waals surface area contributed by atoms with Gasteiger partial charge in [0, 0.05) is 25.1 Å². The van der Waals surface area contributed by atoms with E-state index in [1.165, 1.54) is 9.80 Å². The summed E-state index contributed by atoms with van der Waals surface area (Å²) in [6.07, 6.45) is 2.00. The molecule has 0 aliphatic carbocycles. The zero-order chi connectivity index (χ0) is 19.9. The standard InChI is InChI=1S/C22H21N3O3/c1-3-13-24-20(27)17-9-4-5-10-18(17)25-19(26)11-12-22(24,25)21(28)23-16-8-6-7-15(2)14-16/h3-10,14H,1,11-13H2,2H3,(H,23,28). The van der Waals surface area contributed by atoms with Crippen molar-refractivity contribution in [1.82, 2.24) is 4.90 Å². The zero-order valence-electron chi connectivity index (χ0n) is 15.6. The Balaban J connectivity index is 1.85. The highest BCUT2D eigenvalue weighted by atomic mass is 16.2. The predicted molar refractivity (Wildman–Crippen MR) is 107 cm³/mol. The Kier molecular flexibility index (Phi) is 4.26. The Morgan fingerprint density at radius 1 is 1.21 bits per heavy atom. The lowest BCUT2D eigenvalue weighted by Gasteiger charge is -2.48. The first-order valence-electron chi connectivity index (χ1n) is 9.22. The maximum absolute atomic E-state index is 13.5. The number of para-hydroxylation sites is 1. The van der Waals surface area contributed by atoms with E-state index in [-0.39, 0.29) is 31.2 Å². The lowest BCUT2D eigenvalue weighted by atomic mass is 9.95. The van der Waals surface area contributed by atoms with Crippen LogP contribution in [-0.4, -0.2) is 34.8 Å². The van der Waals surface area contributed by atoms with Crippen LogP contribution >= 0.6 is 0 Å². The number of fused-ring (bicyclic) bond motifs is 3. The van der Waals surface area contributed by atoms with Gasteiger partial charge in [-0.2, -0.15) is 0 Å². The molecule has 28 heavy (non-hydrogen) atoms. The molecule has 6 nitrogen and oxygen atoms in total. The van der Waals surface area contributed by atoms with Crippen LogP contribution in [0.2, 0.25) is 0 Å². The quantitative estimate of drug-likeness (QED) is 0.835. The fraction of sp³-hybridized carbons (Fsp3) is 0.227. The minimum absolute atomic E-state index is 0.165. The van der Waals surface area contributed by atoms with Crippen molar-refractivity contribution < 1.29 is 14.4 Å². The summed E-state index contributed by atoms with van der Waals surface area (Å²) in [4.78, 5) is 42.5. The van der Waals surface area contributed by atoms with Crippen LogP contribution in [0, 0.1) is 6.92 Å². The highest BCUT2D eigenvalue weighted by molar-refractivity contribution is 6.18. The maximum atomic E-state index is 13.5. The number of rotatable bonds is 4. The summed E-state index contributed by atoms with van der Waals surface area (Å²) in [5.74, 6) is -0.845. The van der Waals surface area contributed by atoms with Crippen LogP contribution in [0.4, 0.5) is 11.4 Å². The molecule has 0 aromatic heterocycles. The van der Waals surface area contributed by atoms with Gasteiger partial charge >= 0.3 is 0 Å². The van der Waals surface area contributed by atoms with Gasteiger partial charge in [-0.1, -0.05) is 30.3 Å². The summed E-state index contributed by atoms with van der Waals surface area (Å²) in [7, 11) is 0. The van der Waals surface area contributed by atoms with E-state index in [0.717, 1.165) is 5.56 Å². The molecular formula is C22H21N3O3. The van der Waals surface area contributed by atoms with Crippen LogP contribution < -0.4 is 10.2 Å². The molecule has 2 aromatic carbocycles. The summed E-state index contributed by atoms with van der Waals surface area (Å²) in [5, 5.41) is 2.91. The Morgan fingerprint density at radius 3 is 2.75 bits per heavy atom. The van der Waals surface area contributed by atoms with E-state index >= 15 is 0 Å². The van der Waals surface area contributed by atoms with Gasteiger partial charge in [0.2, 0.25) is 11.6 Å². The Hall–Kier alpha value is -3.41. The average molecular weight is 375 g/mol. The van der Waals surface area contributed by atoms with E-state index in [1.807, 2.05) is 25.1 Å². The van der Waals surface area contributed by atoms with Gasteiger partial charge in [-0.3, -0.25) is 19.3 Å². The van der Waals surface area contributed by atoms with Gasteiger partial charge in [-0.25, -0.2) is 0 Å². The van der Waals surface area contributed by atoms with E-state index in [9.17, 15) is 14.4 Å². The molecule has 1 unspecified atom stereocenters. The minimum Gasteiger partial charge on any atom is -0.322 e. The number of carbonyl (C=O) groups is 3. The van der Waals surface area contributed by atoms with Crippen LogP contribution in [-0.2, 0) is 9.59 Å². The van der Waals surface area contributed by atoms with E-state index in [0.29, 0.717) is 16.9 Å². The van der Waals surface area contributed by atoms with Crippen molar-refractivity contribution in [3.63, 3.8) is 0 Å². The smallest absolute Gasteiger partial charge is 0.271 e. The number of aryl methyl sites for hydroxylation is 1. The van der Waals surface area contributed by atoms with E-state index in [4.69, 9.17) is 0 Å². The topological polar surface area (TPSA) is 69.7 Å². The number of amides is 3. The number of nitrogens with one attached hydrogen (secondary N) is 1. The first-order chi connectivity index (χ1) is 13.5. The fourth-order valence-electron chi connectivity index (χ4n) is 4.12. The largest absolute Gasteiger partial charge is 0.322 e.